The predicted molar refractivity (Wildman–Crippen MR) is 91.1 cm³/mol. The molecule has 3 atom stereocenters. The molecule has 1 aliphatic heterocycles. The summed E-state index contributed by atoms with van der Waals surface area (Å²) in [5.74, 6) is 1.51. The molecule has 3 aliphatic rings. The Morgan fingerprint density at radius 1 is 1.22 bits per heavy atom. The summed E-state index contributed by atoms with van der Waals surface area (Å²) in [6.07, 6.45) is 10.9. The Morgan fingerprint density at radius 2 is 1.96 bits per heavy atom. The van der Waals surface area contributed by atoms with Crippen molar-refractivity contribution < 1.29 is 9.53 Å². The van der Waals surface area contributed by atoms with Crippen molar-refractivity contribution in [3.8, 4) is 0 Å². The Morgan fingerprint density at radius 3 is 2.52 bits per heavy atom. The van der Waals surface area contributed by atoms with E-state index in [0.717, 1.165) is 12.8 Å². The second-order valence-electron chi connectivity index (χ2n) is 7.83. The minimum Gasteiger partial charge on any atom is -0.375 e. The van der Waals surface area contributed by atoms with Crippen LogP contribution in [0.25, 0.3) is 0 Å². The molecule has 2 saturated carbocycles. The first-order chi connectivity index (χ1) is 11.0. The smallest absolute Gasteiger partial charge is 0.259 e. The topological polar surface area (TPSA) is 67.9 Å². The van der Waals surface area contributed by atoms with Crippen LogP contribution in [0.4, 0.5) is 0 Å². The van der Waals surface area contributed by atoms with Gasteiger partial charge in [-0.25, -0.2) is 4.99 Å². The first kappa shape index (κ1) is 16.7. The van der Waals surface area contributed by atoms with Gasteiger partial charge in [-0.3, -0.25) is 9.69 Å². The fraction of sp³-hybridized carbons (Fsp3) is 0.889. The van der Waals surface area contributed by atoms with Crippen LogP contribution < -0.4 is 5.73 Å². The van der Waals surface area contributed by atoms with Crippen LogP contribution >= 0.6 is 0 Å². The van der Waals surface area contributed by atoms with Gasteiger partial charge in [0, 0.05) is 7.05 Å². The van der Waals surface area contributed by atoms with E-state index < -0.39 is 5.54 Å². The first-order valence-electron chi connectivity index (χ1n) is 9.27. The lowest BCUT2D eigenvalue weighted by Gasteiger charge is -2.32. The van der Waals surface area contributed by atoms with E-state index >= 15 is 0 Å². The number of likely N-dealkylation sites (N-methyl/N-ethyl adjacent to an activating group) is 1. The lowest BCUT2D eigenvalue weighted by Crippen LogP contribution is -2.47. The van der Waals surface area contributed by atoms with Gasteiger partial charge in [0.2, 0.25) is 0 Å². The molecule has 2 aliphatic carbocycles. The molecule has 130 valence electrons. The first-order valence-corrected chi connectivity index (χ1v) is 9.27. The average molecular weight is 321 g/mol. The molecule has 0 aromatic carbocycles. The van der Waals surface area contributed by atoms with Gasteiger partial charge in [0.1, 0.15) is 0 Å². The highest BCUT2D eigenvalue weighted by Gasteiger charge is 2.48. The molecule has 0 saturated heterocycles. The maximum Gasteiger partial charge on any atom is 0.259 e. The van der Waals surface area contributed by atoms with Crippen LogP contribution in [0.5, 0.6) is 0 Å². The fourth-order valence-corrected chi connectivity index (χ4v) is 4.52. The van der Waals surface area contributed by atoms with E-state index in [-0.39, 0.29) is 12.0 Å². The molecule has 1 amide bonds. The van der Waals surface area contributed by atoms with E-state index in [0.29, 0.717) is 24.4 Å². The summed E-state index contributed by atoms with van der Waals surface area (Å²) in [6, 6.07) is 0. The molecule has 0 radical (unpaired) electrons. The van der Waals surface area contributed by atoms with Crippen molar-refractivity contribution in [2.24, 2.45) is 22.6 Å². The monoisotopic (exact) mass is 321 g/mol. The van der Waals surface area contributed by atoms with E-state index in [1.54, 1.807) is 7.05 Å². The number of hydrogen-bond acceptors (Lipinski definition) is 4. The minimum absolute atomic E-state index is 0.0197. The van der Waals surface area contributed by atoms with Crippen LogP contribution in [0.3, 0.4) is 0 Å². The molecule has 0 aromatic rings. The van der Waals surface area contributed by atoms with Crippen molar-refractivity contribution in [2.45, 2.75) is 76.4 Å². The van der Waals surface area contributed by atoms with Gasteiger partial charge in [0.15, 0.2) is 11.5 Å². The summed E-state index contributed by atoms with van der Waals surface area (Å²) in [5.41, 5.74) is 5.19. The second-order valence-corrected chi connectivity index (χ2v) is 7.83. The van der Waals surface area contributed by atoms with E-state index in [9.17, 15) is 4.79 Å². The van der Waals surface area contributed by atoms with Crippen LogP contribution in [-0.4, -0.2) is 42.1 Å². The lowest BCUT2D eigenvalue weighted by molar-refractivity contribution is -0.134. The Kier molecular flexibility index (Phi) is 4.95. The van der Waals surface area contributed by atoms with Crippen LogP contribution in [-0.2, 0) is 9.53 Å². The molecule has 0 bridgehead atoms. The number of carbonyl (C=O) groups is 1. The van der Waals surface area contributed by atoms with Gasteiger partial charge < -0.3 is 10.5 Å². The summed E-state index contributed by atoms with van der Waals surface area (Å²) in [6.45, 7) is 2.63. The van der Waals surface area contributed by atoms with Crippen LogP contribution in [0.15, 0.2) is 4.99 Å². The van der Waals surface area contributed by atoms with Crippen molar-refractivity contribution >= 4 is 11.9 Å². The maximum atomic E-state index is 12.8. The number of carbonyl (C=O) groups excluding carboxylic acids is 1. The minimum atomic E-state index is -0.775. The largest absolute Gasteiger partial charge is 0.375 e. The summed E-state index contributed by atoms with van der Waals surface area (Å²) < 4.78 is 6.20. The molecule has 1 heterocycles. The van der Waals surface area contributed by atoms with Crippen LogP contribution in [0.1, 0.15) is 64.7 Å². The third-order valence-electron chi connectivity index (χ3n) is 6.05. The molecule has 23 heavy (non-hydrogen) atoms. The van der Waals surface area contributed by atoms with Crippen molar-refractivity contribution in [1.29, 1.82) is 0 Å². The molecule has 2 fully saturated rings. The highest BCUT2D eigenvalue weighted by atomic mass is 16.5. The normalized spacial score (nSPS) is 35.8. The highest BCUT2D eigenvalue weighted by Crippen LogP contribution is 2.37. The van der Waals surface area contributed by atoms with Gasteiger partial charge in [0.05, 0.1) is 12.7 Å². The number of nitrogens with zero attached hydrogens (tertiary/aromatic N) is 2. The number of amides is 1. The molecule has 0 spiro atoms. The molecule has 3 rings (SSSR count). The van der Waals surface area contributed by atoms with Gasteiger partial charge in [-0.2, -0.15) is 0 Å². The number of hydrogen-bond donors (Lipinski definition) is 1. The van der Waals surface area contributed by atoms with Gasteiger partial charge >= 0.3 is 0 Å². The van der Waals surface area contributed by atoms with Crippen LogP contribution in [0, 0.1) is 11.8 Å². The summed E-state index contributed by atoms with van der Waals surface area (Å²) in [7, 11) is 1.72. The number of aliphatic imine (C=N–C) groups is 1. The van der Waals surface area contributed by atoms with E-state index in [4.69, 9.17) is 10.5 Å². The summed E-state index contributed by atoms with van der Waals surface area (Å²) in [5, 5.41) is 0. The zero-order chi connectivity index (χ0) is 16.4. The highest BCUT2D eigenvalue weighted by molar-refractivity contribution is 6.06. The van der Waals surface area contributed by atoms with Crippen molar-refractivity contribution in [1.82, 2.24) is 4.90 Å². The Hall–Kier alpha value is -1.10. The van der Waals surface area contributed by atoms with Crippen molar-refractivity contribution in [3.63, 3.8) is 0 Å². The van der Waals surface area contributed by atoms with Crippen LogP contribution in [0.2, 0.25) is 0 Å². The molecule has 5 nitrogen and oxygen atoms in total. The number of rotatable bonds is 5. The van der Waals surface area contributed by atoms with E-state index in [1.165, 1.54) is 49.8 Å². The molecule has 1 unspecified atom stereocenters. The molecule has 5 heteroatoms. The zero-order valence-corrected chi connectivity index (χ0v) is 14.6. The Labute approximate surface area is 139 Å². The van der Waals surface area contributed by atoms with E-state index in [1.807, 2.05) is 0 Å². The summed E-state index contributed by atoms with van der Waals surface area (Å²) >= 11 is 0. The zero-order valence-electron chi connectivity index (χ0n) is 14.6. The number of nitrogens with two attached hydrogens (primary N) is 1. The molecular formula is C18H31N3O2. The van der Waals surface area contributed by atoms with Crippen molar-refractivity contribution in [3.05, 3.63) is 0 Å². The lowest BCUT2D eigenvalue weighted by atomic mass is 9.79. The van der Waals surface area contributed by atoms with Gasteiger partial charge in [-0.05, 0) is 31.1 Å². The fourth-order valence-electron chi connectivity index (χ4n) is 4.52. The average Bonchev–Trinajstić information content (AvgIpc) is 3.04. The standard InChI is InChI=1S/C18H31N3O2/c1-13-7-6-10-15(13)23-12-18(11-14-8-4-3-5-9-14)16(22)21(2)17(19)20-18/h13-15H,3-12H2,1-2H3,(H2,19,20)/t13-,15-,18?/m0/s1. The summed E-state index contributed by atoms with van der Waals surface area (Å²) in [4.78, 5) is 19.0. The van der Waals surface area contributed by atoms with Gasteiger partial charge in [-0.15, -0.1) is 0 Å². The second kappa shape index (κ2) is 6.80. The quantitative estimate of drug-likeness (QED) is 0.846. The Bertz CT molecular complexity index is 473. The maximum absolute atomic E-state index is 12.8. The molecular weight excluding hydrogens is 290 g/mol. The van der Waals surface area contributed by atoms with E-state index in [2.05, 4.69) is 11.9 Å². The third kappa shape index (κ3) is 3.39. The number of ether oxygens (including phenoxy) is 1. The van der Waals surface area contributed by atoms with Gasteiger partial charge in [-0.1, -0.05) is 45.4 Å². The third-order valence-corrected chi connectivity index (χ3v) is 6.05. The van der Waals surface area contributed by atoms with Gasteiger partial charge in [0.25, 0.3) is 5.91 Å². The number of guanidine groups is 1. The van der Waals surface area contributed by atoms with Crippen molar-refractivity contribution in [2.75, 3.05) is 13.7 Å². The SMILES string of the molecule is C[C@H]1CCC[C@@H]1OCC1(CC2CCCCC2)N=C(N)N(C)C1=O. The Balaban J connectivity index is 1.72. The molecule has 0 aromatic heterocycles. The molecule has 2 N–H and O–H groups in total. The predicted octanol–water partition coefficient (Wildman–Crippen LogP) is 2.69.